The van der Waals surface area contributed by atoms with E-state index in [2.05, 4.69) is 15.3 Å². The number of carbonyl (C=O) groups excluding carboxylic acids is 1. The maximum absolute atomic E-state index is 12.6. The van der Waals surface area contributed by atoms with Crippen LogP contribution in [0.2, 0.25) is 0 Å². The van der Waals surface area contributed by atoms with Crippen LogP contribution >= 0.6 is 0 Å². The highest BCUT2D eigenvalue weighted by molar-refractivity contribution is 5.93. The van der Waals surface area contributed by atoms with Gasteiger partial charge in [0.15, 0.2) is 0 Å². The molecular formula is C16H19N5O2. The third-order valence-corrected chi connectivity index (χ3v) is 4.75. The third kappa shape index (κ3) is 2.78. The Kier molecular flexibility index (Phi) is 3.48. The van der Waals surface area contributed by atoms with Crippen molar-refractivity contribution in [3.8, 4) is 0 Å². The molecule has 2 aromatic rings. The maximum atomic E-state index is 12.6. The predicted molar refractivity (Wildman–Crippen MR) is 83.2 cm³/mol. The lowest BCUT2D eigenvalue weighted by molar-refractivity contribution is 0.0687. The molecule has 7 nitrogen and oxygen atoms in total. The first kappa shape index (κ1) is 14.2. The third-order valence-electron chi connectivity index (χ3n) is 4.75. The van der Waals surface area contributed by atoms with Gasteiger partial charge in [-0.1, -0.05) is 5.21 Å². The van der Waals surface area contributed by atoms with Gasteiger partial charge in [0.25, 0.3) is 11.5 Å². The maximum Gasteiger partial charge on any atom is 0.261 e. The minimum Gasteiger partial charge on any atom is -0.338 e. The van der Waals surface area contributed by atoms with E-state index in [0.717, 1.165) is 31.4 Å². The first-order chi connectivity index (χ1) is 11.2. The number of hydrogen-bond acceptors (Lipinski definition) is 4. The van der Waals surface area contributed by atoms with E-state index in [4.69, 9.17) is 0 Å². The van der Waals surface area contributed by atoms with Gasteiger partial charge in [-0.25, -0.2) is 4.68 Å². The molecule has 2 aliphatic rings. The molecule has 0 spiro atoms. The van der Waals surface area contributed by atoms with Crippen LogP contribution in [0.25, 0.3) is 0 Å². The first-order valence-electron chi connectivity index (χ1n) is 8.10. The molecule has 4 rings (SSSR count). The van der Waals surface area contributed by atoms with Crippen LogP contribution < -0.4 is 5.56 Å². The van der Waals surface area contributed by atoms with E-state index >= 15 is 0 Å². The van der Waals surface area contributed by atoms with E-state index in [1.54, 1.807) is 17.2 Å². The Morgan fingerprint density at radius 3 is 2.57 bits per heavy atom. The summed E-state index contributed by atoms with van der Waals surface area (Å²) in [6, 6.07) is 3.84. The molecule has 1 aliphatic carbocycles. The van der Waals surface area contributed by atoms with Gasteiger partial charge >= 0.3 is 0 Å². The number of likely N-dealkylation sites (tertiary alicyclic amines) is 1. The zero-order valence-electron chi connectivity index (χ0n) is 12.8. The fourth-order valence-corrected chi connectivity index (χ4v) is 3.21. The minimum atomic E-state index is -0.266. The number of carbonyl (C=O) groups is 1. The lowest BCUT2D eigenvalue weighted by atomic mass is 10.0. The summed E-state index contributed by atoms with van der Waals surface area (Å²) in [7, 11) is 0. The quantitative estimate of drug-likeness (QED) is 0.926. The van der Waals surface area contributed by atoms with Crippen LogP contribution in [0.15, 0.2) is 29.3 Å². The molecule has 1 saturated carbocycles. The Morgan fingerprint density at radius 2 is 1.96 bits per heavy atom. The lowest BCUT2D eigenvalue weighted by Gasteiger charge is -2.31. The Bertz CT molecular complexity index is 755. The molecule has 1 saturated heterocycles. The average molecular weight is 313 g/mol. The average Bonchev–Trinajstić information content (AvgIpc) is 3.29. The highest BCUT2D eigenvalue weighted by Gasteiger charge is 2.28. The summed E-state index contributed by atoms with van der Waals surface area (Å²) in [6.45, 7) is 1.26. The van der Waals surface area contributed by atoms with Crippen molar-refractivity contribution in [2.45, 2.75) is 37.6 Å². The number of amides is 1. The summed E-state index contributed by atoms with van der Waals surface area (Å²) in [6.07, 6.45) is 7.42. The summed E-state index contributed by atoms with van der Waals surface area (Å²) in [5.41, 5.74) is 0.933. The second kappa shape index (κ2) is 5.64. The first-order valence-corrected chi connectivity index (χ1v) is 8.10. The van der Waals surface area contributed by atoms with Gasteiger partial charge in [0.2, 0.25) is 0 Å². The van der Waals surface area contributed by atoms with E-state index in [1.165, 1.54) is 0 Å². The Morgan fingerprint density at radius 1 is 1.17 bits per heavy atom. The Hall–Kier alpha value is -2.44. The van der Waals surface area contributed by atoms with Gasteiger partial charge in [-0.05, 0) is 43.7 Å². The number of aromatic nitrogens is 4. The molecule has 0 unspecified atom stereocenters. The van der Waals surface area contributed by atoms with Gasteiger partial charge in [-0.15, -0.1) is 5.10 Å². The van der Waals surface area contributed by atoms with Crippen molar-refractivity contribution in [1.29, 1.82) is 0 Å². The molecule has 3 heterocycles. The summed E-state index contributed by atoms with van der Waals surface area (Å²) in [4.78, 5) is 29.4. The van der Waals surface area contributed by atoms with Gasteiger partial charge in [-0.2, -0.15) is 0 Å². The van der Waals surface area contributed by atoms with Gasteiger partial charge < -0.3 is 9.88 Å². The van der Waals surface area contributed by atoms with E-state index in [1.807, 2.05) is 16.9 Å². The summed E-state index contributed by atoms with van der Waals surface area (Å²) in [5, 5.41) is 7.85. The number of rotatable bonds is 3. The monoisotopic (exact) mass is 313 g/mol. The molecule has 120 valence electrons. The second-order valence-corrected chi connectivity index (χ2v) is 6.34. The van der Waals surface area contributed by atoms with Crippen molar-refractivity contribution in [2.75, 3.05) is 13.1 Å². The smallest absolute Gasteiger partial charge is 0.261 e. The molecule has 0 atom stereocenters. The minimum absolute atomic E-state index is 0.175. The largest absolute Gasteiger partial charge is 0.338 e. The molecule has 2 fully saturated rings. The zero-order valence-corrected chi connectivity index (χ0v) is 12.8. The Balaban J connectivity index is 1.44. The van der Waals surface area contributed by atoms with E-state index in [9.17, 15) is 9.59 Å². The van der Waals surface area contributed by atoms with E-state index in [0.29, 0.717) is 19.0 Å². The number of H-pyrrole nitrogens is 1. The zero-order chi connectivity index (χ0) is 15.8. The fourth-order valence-electron chi connectivity index (χ4n) is 3.21. The number of nitrogens with zero attached hydrogens (tertiary/aromatic N) is 4. The highest BCUT2D eigenvalue weighted by Crippen LogP contribution is 2.38. The SMILES string of the molecule is O=C(c1ccc(C2CC2)[nH]c1=O)N1CCC(n2ccnn2)CC1. The molecule has 1 N–H and O–H groups in total. The number of hydrogen-bond donors (Lipinski definition) is 1. The molecular weight excluding hydrogens is 294 g/mol. The second-order valence-electron chi connectivity index (χ2n) is 6.34. The molecule has 2 aromatic heterocycles. The summed E-state index contributed by atoms with van der Waals surface area (Å²) >= 11 is 0. The van der Waals surface area contributed by atoms with Crippen LogP contribution in [0.5, 0.6) is 0 Å². The summed E-state index contributed by atoms with van der Waals surface area (Å²) in [5.74, 6) is 0.302. The van der Waals surface area contributed by atoms with Crippen LogP contribution in [0.4, 0.5) is 0 Å². The van der Waals surface area contributed by atoms with Crippen LogP contribution in [-0.4, -0.2) is 43.9 Å². The van der Waals surface area contributed by atoms with Gasteiger partial charge in [0.1, 0.15) is 5.56 Å². The lowest BCUT2D eigenvalue weighted by Crippen LogP contribution is -2.41. The van der Waals surface area contributed by atoms with E-state index in [-0.39, 0.29) is 23.1 Å². The van der Waals surface area contributed by atoms with Gasteiger partial charge in [0.05, 0.1) is 12.2 Å². The van der Waals surface area contributed by atoms with Crippen LogP contribution in [0.3, 0.4) is 0 Å². The molecule has 23 heavy (non-hydrogen) atoms. The van der Waals surface area contributed by atoms with Crippen LogP contribution in [-0.2, 0) is 0 Å². The van der Waals surface area contributed by atoms with E-state index < -0.39 is 0 Å². The molecule has 0 bridgehead atoms. The normalized spacial score (nSPS) is 19.0. The number of aromatic amines is 1. The Labute approximate surface area is 133 Å². The fraction of sp³-hybridized carbons (Fsp3) is 0.500. The molecule has 7 heteroatoms. The number of nitrogens with one attached hydrogen (secondary N) is 1. The predicted octanol–water partition coefficient (Wildman–Crippen LogP) is 1.32. The van der Waals surface area contributed by atoms with Crippen LogP contribution in [0.1, 0.15) is 53.7 Å². The summed E-state index contributed by atoms with van der Waals surface area (Å²) < 4.78 is 1.85. The number of pyridine rings is 1. The molecule has 0 aromatic carbocycles. The highest BCUT2D eigenvalue weighted by atomic mass is 16.2. The van der Waals surface area contributed by atoms with Crippen molar-refractivity contribution < 1.29 is 4.79 Å². The molecule has 1 aliphatic heterocycles. The standard InChI is InChI=1S/C16H19N5O2/c22-15-13(3-4-14(18-15)11-1-2-11)16(23)20-8-5-12(6-9-20)21-10-7-17-19-21/h3-4,7,10-12H,1-2,5-6,8-9H2,(H,18,22). The molecule has 0 radical (unpaired) electrons. The van der Waals surface area contributed by atoms with Crippen molar-refractivity contribution in [2.24, 2.45) is 0 Å². The molecule has 1 amide bonds. The van der Waals surface area contributed by atoms with Crippen molar-refractivity contribution >= 4 is 5.91 Å². The van der Waals surface area contributed by atoms with Crippen molar-refractivity contribution in [3.05, 3.63) is 46.1 Å². The number of piperidine rings is 1. The van der Waals surface area contributed by atoms with Gasteiger partial charge in [-0.3, -0.25) is 9.59 Å². The van der Waals surface area contributed by atoms with Crippen molar-refractivity contribution in [1.82, 2.24) is 24.9 Å². The van der Waals surface area contributed by atoms with Crippen molar-refractivity contribution in [3.63, 3.8) is 0 Å². The van der Waals surface area contributed by atoms with Gasteiger partial charge in [0, 0.05) is 25.0 Å². The topological polar surface area (TPSA) is 83.9 Å². The van der Waals surface area contributed by atoms with Crippen LogP contribution in [0, 0.1) is 0 Å².